The lowest BCUT2D eigenvalue weighted by atomic mass is 9.84. The number of methoxy groups -OCH3 is 1. The monoisotopic (exact) mass is 878 g/mol. The molecule has 2 aromatic heterocycles. The molecule has 3 aliphatic heterocycles. The average molecular weight is 878 g/mol. The van der Waals surface area contributed by atoms with E-state index in [1.165, 1.54) is 9.91 Å². The van der Waals surface area contributed by atoms with Gasteiger partial charge in [-0.3, -0.25) is 29.2 Å². The largest absolute Gasteiger partial charge is 0.508 e. The van der Waals surface area contributed by atoms with Gasteiger partial charge in [0.25, 0.3) is 5.91 Å². The molecule has 64 heavy (non-hydrogen) atoms. The third-order valence-electron chi connectivity index (χ3n) is 13.4. The fourth-order valence-corrected chi connectivity index (χ4v) is 10.0. The van der Waals surface area contributed by atoms with Crippen LogP contribution in [0.25, 0.3) is 33.3 Å². The van der Waals surface area contributed by atoms with Crippen molar-refractivity contribution < 1.29 is 33.8 Å². The number of nitrogens with one attached hydrogen (secondary N) is 3. The van der Waals surface area contributed by atoms with Crippen molar-refractivity contribution in [2.45, 2.75) is 124 Å². The van der Waals surface area contributed by atoms with Crippen LogP contribution in [0.5, 0.6) is 5.75 Å². The van der Waals surface area contributed by atoms with Crippen LogP contribution in [0.15, 0.2) is 54.7 Å². The molecule has 7 rings (SSSR count). The number of fused-ring (bicyclic) bond motifs is 6. The Bertz CT molecular complexity index is 2380. The fraction of sp³-hybridized carbons (Fsp3) is 0.540. The SMILES string of the molecule is CCn1c(-c2cccnc2[C@H](C)OC)c2c3cc(ccc31)-c1cc(O)cc(c1)C[C@H](NC(=O)C(C(C)C)N(C)C(=O)[C@H]1CCCN[C@@H]1C)C(=O)N1CCC[C@H](N1)C(=O)OCC(C)(C)C2. The Kier molecular flexibility index (Phi) is 14.2. The molecular formula is C50H67N7O7. The molecule has 0 aliphatic carbocycles. The Hall–Kier alpha value is -5.31. The maximum atomic E-state index is 14.7. The van der Waals surface area contributed by atoms with Gasteiger partial charge in [-0.15, -0.1) is 0 Å². The van der Waals surface area contributed by atoms with Gasteiger partial charge in [0, 0.05) is 67.8 Å². The van der Waals surface area contributed by atoms with Crippen molar-refractivity contribution in [2.75, 3.05) is 33.9 Å². The lowest BCUT2D eigenvalue weighted by Crippen LogP contribution is -2.62. The number of phenols is 1. The second-order valence-corrected chi connectivity index (χ2v) is 19.2. The molecule has 0 saturated carbocycles. The Morgan fingerprint density at radius 2 is 1.86 bits per heavy atom. The van der Waals surface area contributed by atoms with E-state index < -0.39 is 41.3 Å². The topological polar surface area (TPSA) is 167 Å². The minimum absolute atomic E-state index is 0.0146. The molecule has 5 heterocycles. The van der Waals surface area contributed by atoms with E-state index in [4.69, 9.17) is 14.5 Å². The molecule has 14 nitrogen and oxygen atoms in total. The zero-order valence-corrected chi connectivity index (χ0v) is 39.0. The zero-order chi connectivity index (χ0) is 46.0. The zero-order valence-electron chi connectivity index (χ0n) is 39.0. The number of esters is 1. The molecular weight excluding hydrogens is 811 g/mol. The normalized spacial score (nSPS) is 22.7. The summed E-state index contributed by atoms with van der Waals surface area (Å²) < 4.78 is 14.2. The van der Waals surface area contributed by atoms with Crippen molar-refractivity contribution in [3.05, 3.63) is 71.5 Å². The number of carbonyl (C=O) groups excluding carboxylic acids is 4. The Labute approximate surface area is 377 Å². The second-order valence-electron chi connectivity index (χ2n) is 19.2. The number of hydrazine groups is 1. The number of pyridine rings is 1. The highest BCUT2D eigenvalue weighted by molar-refractivity contribution is 5.96. The van der Waals surface area contributed by atoms with E-state index in [0.29, 0.717) is 37.9 Å². The number of rotatable bonds is 9. The maximum Gasteiger partial charge on any atom is 0.324 e. The van der Waals surface area contributed by atoms with Gasteiger partial charge < -0.3 is 34.7 Å². The second kappa shape index (κ2) is 19.4. The standard InChI is InChI=1S/C50H67N7O7/c1-10-56-42-18-17-33-26-38(42)39(45(56)37-15-12-20-52-43(37)31(5)63-9)27-50(6,7)28-64-49(62)40-16-13-21-57(54-40)48(61)41(24-32-22-34(33)25-35(58)23-32)53-46(59)44(29(2)3)55(8)47(60)36-14-11-19-51-30(36)4/h12,15,17-18,20,22-23,25-26,29-31,36,40-41,44,51,54,58H,10-11,13-14,16,19,21,24,27-28H2,1-9H3,(H,53,59)/t30-,31+,36+,40+,41+,44?/m1/s1. The molecule has 0 radical (unpaired) electrons. The highest BCUT2D eigenvalue weighted by atomic mass is 16.5. The number of cyclic esters (lactones) is 1. The Morgan fingerprint density at radius 1 is 1.08 bits per heavy atom. The van der Waals surface area contributed by atoms with Crippen LogP contribution < -0.4 is 16.1 Å². The number of hydrogen-bond donors (Lipinski definition) is 4. The molecule has 14 heteroatoms. The number of hydrogen-bond acceptors (Lipinski definition) is 10. The van der Waals surface area contributed by atoms with E-state index >= 15 is 0 Å². The molecule has 344 valence electrons. The van der Waals surface area contributed by atoms with Crippen LogP contribution in [0.3, 0.4) is 0 Å². The molecule has 3 amide bonds. The van der Waals surface area contributed by atoms with E-state index in [-0.39, 0.29) is 48.7 Å². The van der Waals surface area contributed by atoms with Crippen LogP contribution >= 0.6 is 0 Å². The molecule has 2 saturated heterocycles. The van der Waals surface area contributed by atoms with Crippen molar-refractivity contribution in [2.24, 2.45) is 17.3 Å². The number of benzene rings is 2. The molecule has 1 unspecified atom stereocenters. The summed E-state index contributed by atoms with van der Waals surface area (Å²) in [6, 6.07) is 12.8. The average Bonchev–Trinajstić information content (AvgIpc) is 3.58. The minimum atomic E-state index is -1.11. The number of aryl methyl sites for hydroxylation is 1. The predicted octanol–water partition coefficient (Wildman–Crippen LogP) is 6.32. The van der Waals surface area contributed by atoms with Crippen LogP contribution in [-0.4, -0.2) is 106 Å². The summed E-state index contributed by atoms with van der Waals surface area (Å²) in [6.07, 6.45) is 4.69. The predicted molar refractivity (Wildman–Crippen MR) is 247 cm³/mol. The molecule has 0 spiro atoms. The first-order chi connectivity index (χ1) is 30.5. The summed E-state index contributed by atoms with van der Waals surface area (Å²) in [7, 11) is 3.35. The number of ether oxygens (including phenoxy) is 2. The van der Waals surface area contributed by atoms with E-state index in [1.54, 1.807) is 32.5 Å². The quantitative estimate of drug-likeness (QED) is 0.140. The third kappa shape index (κ3) is 9.69. The third-order valence-corrected chi connectivity index (χ3v) is 13.4. The van der Waals surface area contributed by atoms with Crippen molar-refractivity contribution >= 4 is 34.6 Å². The highest BCUT2D eigenvalue weighted by Gasteiger charge is 2.40. The van der Waals surface area contributed by atoms with Crippen molar-refractivity contribution in [3.8, 4) is 28.1 Å². The summed E-state index contributed by atoms with van der Waals surface area (Å²) in [6.45, 7) is 16.0. The lowest BCUT2D eigenvalue weighted by molar-refractivity contribution is -0.155. The van der Waals surface area contributed by atoms with Gasteiger partial charge in [-0.05, 0) is 124 Å². The van der Waals surface area contributed by atoms with Crippen LogP contribution in [0.2, 0.25) is 0 Å². The minimum Gasteiger partial charge on any atom is -0.508 e. The van der Waals surface area contributed by atoms with Gasteiger partial charge in [0.2, 0.25) is 11.8 Å². The van der Waals surface area contributed by atoms with Crippen LogP contribution in [0.1, 0.15) is 97.1 Å². The van der Waals surface area contributed by atoms with Gasteiger partial charge in [0.15, 0.2) is 0 Å². The van der Waals surface area contributed by atoms with E-state index in [0.717, 1.165) is 63.9 Å². The van der Waals surface area contributed by atoms with Gasteiger partial charge in [-0.1, -0.05) is 39.8 Å². The first-order valence-corrected chi connectivity index (χ1v) is 23.0. The van der Waals surface area contributed by atoms with Gasteiger partial charge >= 0.3 is 5.97 Å². The number of phenolic OH excluding ortho intramolecular Hbond substituents is 1. The Balaban J connectivity index is 1.33. The highest BCUT2D eigenvalue weighted by Crippen LogP contribution is 2.42. The summed E-state index contributed by atoms with van der Waals surface area (Å²) >= 11 is 0. The molecule has 4 aromatic rings. The Morgan fingerprint density at radius 3 is 2.58 bits per heavy atom. The molecule has 4 N–H and O–H groups in total. The summed E-state index contributed by atoms with van der Waals surface area (Å²) in [5, 5.41) is 20.2. The van der Waals surface area contributed by atoms with Crippen molar-refractivity contribution in [3.63, 3.8) is 0 Å². The number of likely N-dealkylation sites (N-methyl/N-ethyl adjacent to an activating group) is 1. The smallest absolute Gasteiger partial charge is 0.324 e. The summed E-state index contributed by atoms with van der Waals surface area (Å²) in [4.78, 5) is 63.4. The van der Waals surface area contributed by atoms with Crippen LogP contribution in [-0.2, 0) is 48.0 Å². The first-order valence-electron chi connectivity index (χ1n) is 23.0. The van der Waals surface area contributed by atoms with Gasteiger partial charge in [-0.25, -0.2) is 5.43 Å². The van der Waals surface area contributed by atoms with Crippen LogP contribution in [0.4, 0.5) is 0 Å². The molecule has 2 fully saturated rings. The maximum absolute atomic E-state index is 14.7. The molecule has 6 atom stereocenters. The molecule has 2 aromatic carbocycles. The number of piperidine rings is 1. The summed E-state index contributed by atoms with van der Waals surface area (Å²) in [5.41, 5.74) is 9.73. The van der Waals surface area contributed by atoms with Gasteiger partial charge in [0.05, 0.1) is 30.0 Å². The van der Waals surface area contributed by atoms with E-state index in [1.807, 2.05) is 45.9 Å². The molecule has 3 aliphatic rings. The van der Waals surface area contributed by atoms with Crippen LogP contribution in [0, 0.1) is 17.3 Å². The van der Waals surface area contributed by atoms with E-state index in [9.17, 15) is 24.3 Å². The lowest BCUT2D eigenvalue weighted by Gasteiger charge is -2.38. The summed E-state index contributed by atoms with van der Waals surface area (Å²) in [5.74, 6) is -1.99. The number of carbonyl (C=O) groups is 4. The van der Waals surface area contributed by atoms with E-state index in [2.05, 4.69) is 59.6 Å². The number of amides is 3. The molecule has 6 bridgehead atoms. The first kappa shape index (κ1) is 46.7. The number of nitrogens with zero attached hydrogens (tertiary/aromatic N) is 4. The number of aromatic hydroxyl groups is 1. The van der Waals surface area contributed by atoms with Crippen molar-refractivity contribution in [1.82, 2.24) is 35.5 Å². The van der Waals surface area contributed by atoms with Crippen molar-refractivity contribution in [1.29, 1.82) is 0 Å². The van der Waals surface area contributed by atoms with Gasteiger partial charge in [-0.2, -0.15) is 0 Å². The van der Waals surface area contributed by atoms with Gasteiger partial charge in [0.1, 0.15) is 23.9 Å². The number of aromatic nitrogens is 2. The fourth-order valence-electron chi connectivity index (χ4n) is 10.0.